The van der Waals surface area contributed by atoms with E-state index in [1.54, 1.807) is 12.5 Å². The van der Waals surface area contributed by atoms with E-state index in [1.165, 1.54) is 6.39 Å². The van der Waals surface area contributed by atoms with Gasteiger partial charge in [0.15, 0.2) is 5.82 Å². The zero-order chi connectivity index (χ0) is 8.93. The summed E-state index contributed by atoms with van der Waals surface area (Å²) < 4.78 is 9.50. The lowest BCUT2D eigenvalue weighted by molar-refractivity contribution is 0.407. The van der Waals surface area contributed by atoms with E-state index in [0.29, 0.717) is 12.4 Å². The number of rotatable bonds is 4. The van der Waals surface area contributed by atoms with Gasteiger partial charge in [-0.2, -0.15) is 4.98 Å². The molecule has 0 bridgehead atoms. The monoisotopic (exact) mass is 179 g/mol. The molecule has 68 valence electrons. The lowest BCUT2D eigenvalue weighted by Gasteiger charge is -1.96. The molecule has 0 atom stereocenters. The number of hydrogen-bond acceptors (Lipinski definition) is 5. The first-order chi connectivity index (χ1) is 6.45. The molecule has 5 heteroatoms. The van der Waals surface area contributed by atoms with Gasteiger partial charge in [-0.05, 0) is 6.07 Å². The van der Waals surface area contributed by atoms with Crippen molar-refractivity contribution in [1.82, 2.24) is 15.5 Å². The Balaban J connectivity index is 1.76. The molecule has 0 fully saturated rings. The standard InChI is InChI=1S/C8H9N3O2/c1-2-12-5-7(1)3-9-4-8-10-6-13-11-8/h1-2,5-6,9H,3-4H2. The second kappa shape index (κ2) is 3.86. The van der Waals surface area contributed by atoms with Crippen LogP contribution in [0.4, 0.5) is 0 Å². The topological polar surface area (TPSA) is 64.1 Å². The number of nitrogens with zero attached hydrogens (tertiary/aromatic N) is 2. The Bertz CT molecular complexity index is 294. The average molecular weight is 179 g/mol. The summed E-state index contributed by atoms with van der Waals surface area (Å²) >= 11 is 0. The maximum Gasteiger partial charge on any atom is 0.213 e. The van der Waals surface area contributed by atoms with Gasteiger partial charge in [-0.1, -0.05) is 5.16 Å². The van der Waals surface area contributed by atoms with Crippen LogP contribution >= 0.6 is 0 Å². The fourth-order valence-electron chi connectivity index (χ4n) is 0.982. The summed E-state index contributed by atoms with van der Waals surface area (Å²) in [4.78, 5) is 3.87. The molecular formula is C8H9N3O2. The zero-order valence-electron chi connectivity index (χ0n) is 6.93. The van der Waals surface area contributed by atoms with Gasteiger partial charge >= 0.3 is 0 Å². The molecule has 0 unspecified atom stereocenters. The maximum absolute atomic E-state index is 4.91. The van der Waals surface area contributed by atoms with Gasteiger partial charge in [-0.3, -0.25) is 0 Å². The van der Waals surface area contributed by atoms with Gasteiger partial charge in [-0.25, -0.2) is 0 Å². The van der Waals surface area contributed by atoms with Crippen molar-refractivity contribution in [2.24, 2.45) is 0 Å². The molecule has 0 aliphatic carbocycles. The van der Waals surface area contributed by atoms with E-state index in [0.717, 1.165) is 12.1 Å². The third-order valence-electron chi connectivity index (χ3n) is 1.60. The van der Waals surface area contributed by atoms with Crippen LogP contribution in [0.5, 0.6) is 0 Å². The molecule has 0 aromatic carbocycles. The molecule has 1 N–H and O–H groups in total. The second-order valence-corrected chi connectivity index (χ2v) is 2.58. The Kier molecular flexibility index (Phi) is 2.38. The van der Waals surface area contributed by atoms with E-state index >= 15 is 0 Å². The van der Waals surface area contributed by atoms with E-state index in [9.17, 15) is 0 Å². The van der Waals surface area contributed by atoms with Gasteiger partial charge in [0.2, 0.25) is 6.39 Å². The molecule has 0 saturated carbocycles. The summed E-state index contributed by atoms with van der Waals surface area (Å²) in [6.07, 6.45) is 4.66. The molecule has 5 nitrogen and oxygen atoms in total. The Morgan fingerprint density at radius 1 is 1.38 bits per heavy atom. The van der Waals surface area contributed by atoms with Crippen molar-refractivity contribution in [3.63, 3.8) is 0 Å². The minimum atomic E-state index is 0.599. The lowest BCUT2D eigenvalue weighted by atomic mass is 10.3. The van der Waals surface area contributed by atoms with Gasteiger partial charge in [0.25, 0.3) is 0 Å². The van der Waals surface area contributed by atoms with E-state index in [2.05, 4.69) is 20.0 Å². The summed E-state index contributed by atoms with van der Waals surface area (Å²) in [5, 5.41) is 6.81. The predicted molar refractivity (Wildman–Crippen MR) is 43.5 cm³/mol. The Labute approximate surface area is 74.7 Å². The maximum atomic E-state index is 4.91. The van der Waals surface area contributed by atoms with Crippen LogP contribution in [0.25, 0.3) is 0 Å². The van der Waals surface area contributed by atoms with Crippen molar-refractivity contribution in [2.75, 3.05) is 0 Å². The highest BCUT2D eigenvalue weighted by Crippen LogP contribution is 1.98. The summed E-state index contributed by atoms with van der Waals surface area (Å²) in [5.74, 6) is 0.656. The van der Waals surface area contributed by atoms with Crippen molar-refractivity contribution in [3.05, 3.63) is 36.4 Å². The molecule has 0 spiro atoms. The molecule has 0 aliphatic heterocycles. The molecule has 0 amide bonds. The first kappa shape index (κ1) is 8.00. The third-order valence-corrected chi connectivity index (χ3v) is 1.60. The highest BCUT2D eigenvalue weighted by Gasteiger charge is 1.97. The molecule has 2 aromatic heterocycles. The first-order valence-electron chi connectivity index (χ1n) is 3.92. The average Bonchev–Trinajstić information content (AvgIpc) is 2.75. The van der Waals surface area contributed by atoms with E-state index in [4.69, 9.17) is 4.42 Å². The summed E-state index contributed by atoms with van der Waals surface area (Å²) in [6, 6.07) is 1.91. The van der Waals surface area contributed by atoms with Crippen LogP contribution in [-0.2, 0) is 13.1 Å². The van der Waals surface area contributed by atoms with Gasteiger partial charge < -0.3 is 14.3 Å². The van der Waals surface area contributed by atoms with Crippen molar-refractivity contribution in [3.8, 4) is 0 Å². The number of furan rings is 1. The smallest absolute Gasteiger partial charge is 0.213 e. The number of nitrogens with one attached hydrogen (secondary N) is 1. The molecule has 0 saturated heterocycles. The van der Waals surface area contributed by atoms with Gasteiger partial charge in [0, 0.05) is 12.1 Å². The van der Waals surface area contributed by atoms with Crippen LogP contribution in [0.15, 0.2) is 33.9 Å². The minimum Gasteiger partial charge on any atom is -0.472 e. The fourth-order valence-corrected chi connectivity index (χ4v) is 0.982. The molecule has 13 heavy (non-hydrogen) atoms. The minimum absolute atomic E-state index is 0.599. The zero-order valence-corrected chi connectivity index (χ0v) is 6.93. The fraction of sp³-hybridized carbons (Fsp3) is 0.250. The van der Waals surface area contributed by atoms with Gasteiger partial charge in [-0.15, -0.1) is 0 Å². The second-order valence-electron chi connectivity index (χ2n) is 2.58. The summed E-state index contributed by atoms with van der Waals surface area (Å²) in [6.45, 7) is 1.34. The van der Waals surface area contributed by atoms with Crippen molar-refractivity contribution >= 4 is 0 Å². The predicted octanol–water partition coefficient (Wildman–Crippen LogP) is 0.952. The highest BCUT2D eigenvalue weighted by molar-refractivity contribution is 5.04. The van der Waals surface area contributed by atoms with Crippen molar-refractivity contribution < 1.29 is 8.94 Å². The van der Waals surface area contributed by atoms with Crippen LogP contribution in [0.1, 0.15) is 11.4 Å². The normalized spacial score (nSPS) is 10.5. The molecule has 0 aliphatic rings. The Morgan fingerprint density at radius 2 is 2.38 bits per heavy atom. The number of aromatic nitrogens is 2. The number of hydrogen-bond donors (Lipinski definition) is 1. The Hall–Kier alpha value is -1.62. The van der Waals surface area contributed by atoms with Crippen LogP contribution in [0.2, 0.25) is 0 Å². The molecular weight excluding hydrogens is 170 g/mol. The van der Waals surface area contributed by atoms with Crippen LogP contribution < -0.4 is 5.32 Å². The first-order valence-corrected chi connectivity index (χ1v) is 3.92. The lowest BCUT2D eigenvalue weighted by Crippen LogP contribution is -2.12. The SMILES string of the molecule is c1cc(CNCc2ncon2)co1. The summed E-state index contributed by atoms with van der Waals surface area (Å²) in [5.41, 5.74) is 1.10. The summed E-state index contributed by atoms with van der Waals surface area (Å²) in [7, 11) is 0. The third kappa shape index (κ3) is 2.16. The highest BCUT2D eigenvalue weighted by atomic mass is 16.5. The van der Waals surface area contributed by atoms with Crippen molar-refractivity contribution in [2.45, 2.75) is 13.1 Å². The molecule has 0 radical (unpaired) electrons. The van der Waals surface area contributed by atoms with Crippen molar-refractivity contribution in [1.29, 1.82) is 0 Å². The van der Waals surface area contributed by atoms with Crippen LogP contribution in [0, 0.1) is 0 Å². The Morgan fingerprint density at radius 3 is 3.08 bits per heavy atom. The quantitative estimate of drug-likeness (QED) is 0.757. The molecule has 2 aromatic rings. The van der Waals surface area contributed by atoms with Crippen LogP contribution in [-0.4, -0.2) is 10.1 Å². The van der Waals surface area contributed by atoms with Crippen LogP contribution in [0.3, 0.4) is 0 Å². The van der Waals surface area contributed by atoms with E-state index in [1.807, 2.05) is 6.07 Å². The van der Waals surface area contributed by atoms with Gasteiger partial charge in [0.1, 0.15) is 0 Å². The van der Waals surface area contributed by atoms with E-state index < -0.39 is 0 Å². The van der Waals surface area contributed by atoms with Gasteiger partial charge in [0.05, 0.1) is 19.1 Å². The largest absolute Gasteiger partial charge is 0.472 e. The molecule has 2 rings (SSSR count). The molecule has 2 heterocycles. The van der Waals surface area contributed by atoms with E-state index in [-0.39, 0.29) is 0 Å².